The Balaban J connectivity index is 1.46. The number of hydrogen-bond acceptors (Lipinski definition) is 3. The molecule has 9 heteroatoms. The molecule has 1 aromatic heterocycles. The van der Waals surface area contributed by atoms with E-state index in [0.717, 1.165) is 44.0 Å². The molecule has 1 saturated carbocycles. The smallest absolute Gasteiger partial charge is 0.357 e. The molecular formula is C20H33F3N6. The Hall–Kier alpha value is -1.80. The number of alkyl halides is 3. The number of guanidine groups is 1. The number of aliphatic imine (C=N–C) groups is 1. The molecule has 29 heavy (non-hydrogen) atoms. The van der Waals surface area contributed by atoms with Gasteiger partial charge in [-0.05, 0) is 51.9 Å². The Morgan fingerprint density at radius 1 is 1.14 bits per heavy atom. The summed E-state index contributed by atoms with van der Waals surface area (Å²) in [5, 5.41) is 15.2. The van der Waals surface area contributed by atoms with E-state index in [0.29, 0.717) is 25.3 Å². The Labute approximate surface area is 170 Å². The van der Waals surface area contributed by atoms with Crippen molar-refractivity contribution in [3.8, 4) is 0 Å². The topological polar surface area (TPSA) is 67.1 Å². The van der Waals surface area contributed by atoms with Gasteiger partial charge in [0, 0.05) is 38.5 Å². The predicted octanol–water partition coefficient (Wildman–Crippen LogP) is 3.61. The SMILES string of the molecule is CCNC(=NCCCc1nnc2n1CCCCC2)NC1CCC(C(F)(F)F)CC1. The van der Waals surface area contributed by atoms with E-state index in [9.17, 15) is 13.2 Å². The van der Waals surface area contributed by atoms with Crippen molar-refractivity contribution < 1.29 is 13.2 Å². The molecule has 1 aliphatic carbocycles. The Morgan fingerprint density at radius 2 is 1.93 bits per heavy atom. The van der Waals surface area contributed by atoms with Gasteiger partial charge in [0.05, 0.1) is 5.92 Å². The van der Waals surface area contributed by atoms with Gasteiger partial charge in [-0.1, -0.05) is 6.42 Å². The lowest BCUT2D eigenvalue weighted by molar-refractivity contribution is -0.182. The molecule has 0 aromatic carbocycles. The van der Waals surface area contributed by atoms with E-state index in [2.05, 4.69) is 30.4 Å². The van der Waals surface area contributed by atoms with E-state index in [1.807, 2.05) is 6.92 Å². The monoisotopic (exact) mass is 414 g/mol. The predicted molar refractivity (Wildman–Crippen MR) is 107 cm³/mol. The summed E-state index contributed by atoms with van der Waals surface area (Å²) >= 11 is 0. The maximum atomic E-state index is 12.8. The van der Waals surface area contributed by atoms with E-state index in [1.54, 1.807) is 0 Å². The summed E-state index contributed by atoms with van der Waals surface area (Å²) in [4.78, 5) is 4.62. The van der Waals surface area contributed by atoms with Crippen LogP contribution in [-0.2, 0) is 19.4 Å². The van der Waals surface area contributed by atoms with E-state index in [1.165, 1.54) is 19.3 Å². The minimum absolute atomic E-state index is 0.0543. The number of hydrogen-bond donors (Lipinski definition) is 2. The van der Waals surface area contributed by atoms with Crippen molar-refractivity contribution in [1.82, 2.24) is 25.4 Å². The Kier molecular flexibility index (Phi) is 7.77. The van der Waals surface area contributed by atoms with Crippen LogP contribution >= 0.6 is 0 Å². The van der Waals surface area contributed by atoms with E-state index >= 15 is 0 Å². The van der Waals surface area contributed by atoms with Gasteiger partial charge in [0.1, 0.15) is 11.6 Å². The highest BCUT2D eigenvalue weighted by molar-refractivity contribution is 5.80. The maximum Gasteiger partial charge on any atom is 0.391 e. The van der Waals surface area contributed by atoms with Gasteiger partial charge in [0.2, 0.25) is 0 Å². The van der Waals surface area contributed by atoms with Crippen molar-refractivity contribution in [1.29, 1.82) is 0 Å². The number of rotatable bonds is 6. The fraction of sp³-hybridized carbons (Fsp3) is 0.850. The first-order chi connectivity index (χ1) is 14.0. The van der Waals surface area contributed by atoms with Gasteiger partial charge in [-0.2, -0.15) is 13.2 Å². The molecule has 0 atom stereocenters. The first-order valence-electron chi connectivity index (χ1n) is 11.0. The van der Waals surface area contributed by atoms with E-state index in [-0.39, 0.29) is 18.9 Å². The van der Waals surface area contributed by atoms with Gasteiger partial charge in [-0.3, -0.25) is 4.99 Å². The number of halogens is 3. The average molecular weight is 415 g/mol. The molecule has 2 aliphatic rings. The molecule has 3 rings (SSSR count). The second-order valence-corrected chi connectivity index (χ2v) is 8.09. The van der Waals surface area contributed by atoms with Crippen LogP contribution in [0.5, 0.6) is 0 Å². The summed E-state index contributed by atoms with van der Waals surface area (Å²) in [6.45, 7) is 4.37. The zero-order valence-electron chi connectivity index (χ0n) is 17.3. The minimum Gasteiger partial charge on any atom is -0.357 e. The highest BCUT2D eigenvalue weighted by Crippen LogP contribution is 2.37. The van der Waals surface area contributed by atoms with Gasteiger partial charge in [-0.25, -0.2) is 0 Å². The fourth-order valence-electron chi connectivity index (χ4n) is 4.24. The standard InChI is InChI=1S/C20H33F3N6/c1-2-24-19(26-16-11-9-15(10-12-16)20(21,22)23)25-13-6-8-18-28-27-17-7-4-3-5-14-29(17)18/h15-16H,2-14H2,1H3,(H2,24,25,26). The van der Waals surface area contributed by atoms with Crippen molar-refractivity contribution in [2.75, 3.05) is 13.1 Å². The van der Waals surface area contributed by atoms with Gasteiger partial charge in [-0.15, -0.1) is 10.2 Å². The number of nitrogens with one attached hydrogen (secondary N) is 2. The molecule has 1 aliphatic heterocycles. The van der Waals surface area contributed by atoms with E-state index < -0.39 is 12.1 Å². The lowest BCUT2D eigenvalue weighted by Gasteiger charge is -2.31. The highest BCUT2D eigenvalue weighted by atomic mass is 19.4. The zero-order valence-corrected chi connectivity index (χ0v) is 17.3. The van der Waals surface area contributed by atoms with Crippen molar-refractivity contribution in [3.05, 3.63) is 11.6 Å². The lowest BCUT2D eigenvalue weighted by Crippen LogP contribution is -2.45. The van der Waals surface area contributed by atoms with Crippen LogP contribution in [0.3, 0.4) is 0 Å². The number of aryl methyl sites for hydroxylation is 2. The minimum atomic E-state index is -4.07. The third-order valence-corrected chi connectivity index (χ3v) is 5.89. The average Bonchev–Trinajstić information content (AvgIpc) is 2.91. The quantitative estimate of drug-likeness (QED) is 0.424. The molecule has 1 aromatic rings. The van der Waals surface area contributed by atoms with Gasteiger partial charge in [0.15, 0.2) is 5.96 Å². The summed E-state index contributed by atoms with van der Waals surface area (Å²) in [5.74, 6) is 1.69. The molecule has 0 amide bonds. The first kappa shape index (κ1) is 21.9. The summed E-state index contributed by atoms with van der Waals surface area (Å²) < 4.78 is 40.8. The van der Waals surface area contributed by atoms with Crippen LogP contribution in [0.1, 0.15) is 69.9 Å². The highest BCUT2D eigenvalue weighted by Gasteiger charge is 2.41. The fourth-order valence-corrected chi connectivity index (χ4v) is 4.24. The van der Waals surface area contributed by atoms with Crippen LogP contribution < -0.4 is 10.6 Å². The molecule has 0 spiro atoms. The third kappa shape index (κ3) is 6.34. The molecule has 1 fully saturated rings. The number of nitrogens with zero attached hydrogens (tertiary/aromatic N) is 4. The molecule has 0 saturated heterocycles. The lowest BCUT2D eigenvalue weighted by atomic mass is 9.85. The van der Waals surface area contributed by atoms with Crippen molar-refractivity contribution >= 4 is 5.96 Å². The van der Waals surface area contributed by atoms with Crippen LogP contribution in [0.2, 0.25) is 0 Å². The van der Waals surface area contributed by atoms with Crippen LogP contribution in [0.25, 0.3) is 0 Å². The number of aromatic nitrogens is 3. The summed E-state index contributed by atoms with van der Waals surface area (Å²) in [6.07, 6.45) is 3.71. The Bertz CT molecular complexity index is 662. The Morgan fingerprint density at radius 3 is 2.66 bits per heavy atom. The van der Waals surface area contributed by atoms with E-state index in [4.69, 9.17) is 0 Å². The van der Waals surface area contributed by atoms with Crippen LogP contribution in [0, 0.1) is 5.92 Å². The molecule has 2 N–H and O–H groups in total. The normalized spacial score (nSPS) is 23.4. The molecule has 0 unspecified atom stereocenters. The molecule has 2 heterocycles. The zero-order chi connectivity index (χ0) is 20.7. The van der Waals surface area contributed by atoms with Crippen LogP contribution in [0.4, 0.5) is 13.2 Å². The van der Waals surface area contributed by atoms with Crippen LogP contribution in [0.15, 0.2) is 4.99 Å². The van der Waals surface area contributed by atoms with Crippen LogP contribution in [-0.4, -0.2) is 46.0 Å². The van der Waals surface area contributed by atoms with Crippen molar-refractivity contribution in [3.63, 3.8) is 0 Å². The molecule has 0 bridgehead atoms. The maximum absolute atomic E-state index is 12.8. The largest absolute Gasteiger partial charge is 0.391 e. The van der Waals surface area contributed by atoms with Crippen molar-refractivity contribution in [2.45, 2.75) is 89.9 Å². The first-order valence-corrected chi connectivity index (χ1v) is 11.0. The molecule has 6 nitrogen and oxygen atoms in total. The summed E-state index contributed by atoms with van der Waals surface area (Å²) in [5.41, 5.74) is 0. The van der Waals surface area contributed by atoms with Gasteiger partial charge < -0.3 is 15.2 Å². The third-order valence-electron chi connectivity index (χ3n) is 5.89. The molecular weight excluding hydrogens is 381 g/mol. The van der Waals surface area contributed by atoms with Gasteiger partial charge >= 0.3 is 6.18 Å². The second-order valence-electron chi connectivity index (χ2n) is 8.09. The number of fused-ring (bicyclic) bond motifs is 1. The molecule has 0 radical (unpaired) electrons. The summed E-state index contributed by atoms with van der Waals surface area (Å²) in [6, 6.07) is 0.0543. The second kappa shape index (κ2) is 10.3. The van der Waals surface area contributed by atoms with Gasteiger partial charge in [0.25, 0.3) is 0 Å². The summed E-state index contributed by atoms with van der Waals surface area (Å²) in [7, 11) is 0. The molecule has 164 valence electrons. The van der Waals surface area contributed by atoms with Crippen molar-refractivity contribution in [2.24, 2.45) is 10.9 Å².